The maximum atomic E-state index is 11.9. The highest BCUT2D eigenvalue weighted by Gasteiger charge is 2.08. The van der Waals surface area contributed by atoms with Crippen molar-refractivity contribution in [3.8, 4) is 0 Å². The van der Waals surface area contributed by atoms with Crippen molar-refractivity contribution >= 4 is 6.03 Å². The summed E-state index contributed by atoms with van der Waals surface area (Å²) in [5.74, 6) is 0. The molecular weight excluding hydrogens is 276 g/mol. The van der Waals surface area contributed by atoms with Crippen LogP contribution in [0.2, 0.25) is 0 Å². The van der Waals surface area contributed by atoms with Gasteiger partial charge in [0.2, 0.25) is 0 Å². The monoisotopic (exact) mass is 298 g/mol. The fourth-order valence-electron chi connectivity index (χ4n) is 2.18. The summed E-state index contributed by atoms with van der Waals surface area (Å²) in [5, 5.41) is 5.80. The lowest BCUT2D eigenvalue weighted by Gasteiger charge is -2.15. The third kappa shape index (κ3) is 4.90. The van der Waals surface area contributed by atoms with Crippen LogP contribution < -0.4 is 10.6 Å². The number of nitrogens with one attached hydrogen (secondary N) is 2. The first-order valence-electron chi connectivity index (χ1n) is 7.35. The molecule has 4 nitrogen and oxygen atoms in total. The van der Waals surface area contributed by atoms with Gasteiger partial charge in [-0.2, -0.15) is 0 Å². The van der Waals surface area contributed by atoms with Crippen molar-refractivity contribution in [2.45, 2.75) is 26.1 Å². The van der Waals surface area contributed by atoms with E-state index in [-0.39, 0.29) is 12.1 Å². The van der Waals surface area contributed by atoms with Crippen LogP contribution in [-0.2, 0) is 17.9 Å². The molecule has 2 N–H and O–H groups in total. The van der Waals surface area contributed by atoms with Crippen LogP contribution in [0, 0.1) is 0 Å². The van der Waals surface area contributed by atoms with Gasteiger partial charge in [-0.15, -0.1) is 0 Å². The van der Waals surface area contributed by atoms with Crippen LogP contribution in [0.1, 0.15) is 29.7 Å². The number of carbonyl (C=O) groups is 1. The molecule has 0 aromatic heterocycles. The van der Waals surface area contributed by atoms with Gasteiger partial charge in [0, 0.05) is 13.7 Å². The second-order valence-corrected chi connectivity index (χ2v) is 5.21. The van der Waals surface area contributed by atoms with E-state index >= 15 is 0 Å². The van der Waals surface area contributed by atoms with Gasteiger partial charge in [0.15, 0.2) is 0 Å². The number of benzene rings is 2. The summed E-state index contributed by atoms with van der Waals surface area (Å²) in [6.07, 6.45) is 0. The Morgan fingerprint density at radius 1 is 1.05 bits per heavy atom. The van der Waals surface area contributed by atoms with Crippen molar-refractivity contribution in [2.75, 3.05) is 7.11 Å². The Kier molecular flexibility index (Phi) is 5.98. The molecule has 0 aliphatic heterocycles. The molecule has 2 aromatic rings. The summed E-state index contributed by atoms with van der Waals surface area (Å²) >= 11 is 0. The van der Waals surface area contributed by atoms with Crippen molar-refractivity contribution in [1.29, 1.82) is 0 Å². The largest absolute Gasteiger partial charge is 0.380 e. The molecule has 2 rings (SSSR count). The fourth-order valence-corrected chi connectivity index (χ4v) is 2.18. The smallest absolute Gasteiger partial charge is 0.315 e. The molecule has 0 aliphatic rings. The highest BCUT2D eigenvalue weighted by Crippen LogP contribution is 2.10. The van der Waals surface area contributed by atoms with Crippen LogP contribution >= 0.6 is 0 Å². The number of amides is 2. The quantitative estimate of drug-likeness (QED) is 0.859. The molecule has 0 radical (unpaired) electrons. The molecule has 0 bridgehead atoms. The Labute approximate surface area is 131 Å². The fraction of sp³-hybridized carbons (Fsp3) is 0.278. The van der Waals surface area contributed by atoms with Gasteiger partial charge in [-0.05, 0) is 23.6 Å². The first-order chi connectivity index (χ1) is 10.7. The Balaban J connectivity index is 1.80. The second-order valence-electron chi connectivity index (χ2n) is 5.21. The number of rotatable bonds is 6. The predicted octanol–water partition coefficient (Wildman–Crippen LogP) is 3.39. The van der Waals surface area contributed by atoms with Gasteiger partial charge in [-0.1, -0.05) is 54.6 Å². The number of hydrogen-bond acceptors (Lipinski definition) is 2. The molecule has 0 heterocycles. The van der Waals surface area contributed by atoms with E-state index in [9.17, 15) is 4.79 Å². The average molecular weight is 298 g/mol. The van der Waals surface area contributed by atoms with Gasteiger partial charge in [-0.3, -0.25) is 0 Å². The maximum Gasteiger partial charge on any atom is 0.315 e. The molecule has 22 heavy (non-hydrogen) atoms. The topological polar surface area (TPSA) is 50.4 Å². The molecule has 1 unspecified atom stereocenters. The van der Waals surface area contributed by atoms with E-state index < -0.39 is 0 Å². The summed E-state index contributed by atoms with van der Waals surface area (Å²) in [6.45, 7) is 3.07. The molecule has 2 aromatic carbocycles. The molecule has 0 saturated carbocycles. The van der Waals surface area contributed by atoms with Gasteiger partial charge >= 0.3 is 6.03 Å². The maximum absolute atomic E-state index is 11.9. The van der Waals surface area contributed by atoms with Crippen LogP contribution in [0.15, 0.2) is 54.6 Å². The Morgan fingerprint density at radius 2 is 1.68 bits per heavy atom. The summed E-state index contributed by atoms with van der Waals surface area (Å²) in [4.78, 5) is 11.9. The molecular formula is C18H22N2O2. The van der Waals surface area contributed by atoms with Gasteiger partial charge < -0.3 is 15.4 Å². The number of ether oxygens (including phenoxy) is 1. The number of carbonyl (C=O) groups excluding carboxylic acids is 1. The lowest BCUT2D eigenvalue weighted by molar-refractivity contribution is 0.185. The minimum Gasteiger partial charge on any atom is -0.380 e. The zero-order valence-electron chi connectivity index (χ0n) is 13.0. The molecule has 0 spiro atoms. The number of hydrogen-bond donors (Lipinski definition) is 2. The third-order valence-electron chi connectivity index (χ3n) is 3.43. The molecule has 0 aliphatic carbocycles. The highest BCUT2D eigenvalue weighted by molar-refractivity contribution is 5.74. The van der Waals surface area contributed by atoms with Crippen LogP contribution in [-0.4, -0.2) is 13.1 Å². The van der Waals surface area contributed by atoms with Crippen LogP contribution in [0.3, 0.4) is 0 Å². The third-order valence-corrected chi connectivity index (χ3v) is 3.43. The minimum atomic E-state index is -0.169. The summed E-state index contributed by atoms with van der Waals surface area (Å²) in [7, 11) is 1.67. The van der Waals surface area contributed by atoms with E-state index in [1.807, 2.05) is 61.5 Å². The predicted molar refractivity (Wildman–Crippen MR) is 87.4 cm³/mol. The molecule has 0 fully saturated rings. The standard InChI is InChI=1S/C18H22N2O2/c1-14(17-6-4-3-5-7-17)20-18(21)19-12-15-8-10-16(11-9-15)13-22-2/h3-11,14H,12-13H2,1-2H3,(H2,19,20,21). The lowest BCUT2D eigenvalue weighted by Crippen LogP contribution is -2.36. The minimum absolute atomic E-state index is 0.0229. The number of urea groups is 1. The van der Waals surface area contributed by atoms with Crippen molar-refractivity contribution in [1.82, 2.24) is 10.6 Å². The Bertz CT molecular complexity index is 582. The van der Waals surface area contributed by atoms with Gasteiger partial charge in [0.05, 0.1) is 12.6 Å². The van der Waals surface area contributed by atoms with Crippen LogP contribution in [0.4, 0.5) is 4.79 Å². The Hall–Kier alpha value is -2.33. The van der Waals surface area contributed by atoms with Crippen LogP contribution in [0.25, 0.3) is 0 Å². The van der Waals surface area contributed by atoms with E-state index in [2.05, 4.69) is 10.6 Å². The average Bonchev–Trinajstić information content (AvgIpc) is 2.55. The molecule has 4 heteroatoms. The lowest BCUT2D eigenvalue weighted by atomic mass is 10.1. The van der Waals surface area contributed by atoms with Gasteiger partial charge in [0.1, 0.15) is 0 Å². The highest BCUT2D eigenvalue weighted by atomic mass is 16.5. The molecule has 0 saturated heterocycles. The van der Waals surface area contributed by atoms with E-state index in [1.54, 1.807) is 7.11 Å². The van der Waals surface area contributed by atoms with Crippen molar-refractivity contribution in [3.63, 3.8) is 0 Å². The summed E-state index contributed by atoms with van der Waals surface area (Å²) in [5.41, 5.74) is 3.26. The van der Waals surface area contributed by atoms with Crippen LogP contribution in [0.5, 0.6) is 0 Å². The summed E-state index contributed by atoms with van der Waals surface area (Å²) in [6, 6.07) is 17.7. The number of methoxy groups -OCH3 is 1. The SMILES string of the molecule is COCc1ccc(CNC(=O)NC(C)c2ccccc2)cc1. The van der Waals surface area contributed by atoms with Crippen molar-refractivity contribution in [2.24, 2.45) is 0 Å². The van der Waals surface area contributed by atoms with E-state index in [1.165, 1.54) is 0 Å². The molecule has 2 amide bonds. The van der Waals surface area contributed by atoms with Gasteiger partial charge in [0.25, 0.3) is 0 Å². The normalized spacial score (nSPS) is 11.7. The zero-order valence-corrected chi connectivity index (χ0v) is 13.0. The first-order valence-corrected chi connectivity index (χ1v) is 7.35. The van der Waals surface area contributed by atoms with Gasteiger partial charge in [-0.25, -0.2) is 4.79 Å². The molecule has 116 valence electrons. The Morgan fingerprint density at radius 3 is 2.32 bits per heavy atom. The molecule has 1 atom stereocenters. The zero-order chi connectivity index (χ0) is 15.8. The second kappa shape index (κ2) is 8.20. The summed E-state index contributed by atoms with van der Waals surface area (Å²) < 4.78 is 5.07. The first kappa shape index (κ1) is 16.0. The van der Waals surface area contributed by atoms with E-state index in [0.717, 1.165) is 16.7 Å². The van der Waals surface area contributed by atoms with Crippen molar-refractivity contribution < 1.29 is 9.53 Å². The van der Waals surface area contributed by atoms with Crippen molar-refractivity contribution in [3.05, 3.63) is 71.3 Å². The van der Waals surface area contributed by atoms with E-state index in [4.69, 9.17) is 4.74 Å². The van der Waals surface area contributed by atoms with E-state index in [0.29, 0.717) is 13.2 Å².